The number of hydrogen-bond donors (Lipinski definition) is 4. The molecule has 88 valence electrons. The van der Waals surface area contributed by atoms with Gasteiger partial charge in [-0.2, -0.15) is 0 Å². The maximum absolute atomic E-state index is 11.2. The number of aromatic nitrogens is 2. The fourth-order valence-electron chi connectivity index (χ4n) is 1.08. The molecule has 0 aliphatic rings. The van der Waals surface area contributed by atoms with Crippen LogP contribution in [0.4, 0.5) is 0 Å². The van der Waals surface area contributed by atoms with Crippen LogP contribution in [0, 0.1) is 0 Å². The zero-order chi connectivity index (χ0) is 11.8. The number of nitrogens with zero attached hydrogens (tertiary/aromatic N) is 1. The van der Waals surface area contributed by atoms with Gasteiger partial charge in [0.2, 0.25) is 0 Å². The van der Waals surface area contributed by atoms with Crippen LogP contribution in [0.5, 0.6) is 0 Å². The normalized spacial score (nSPS) is 9.81. The highest BCUT2D eigenvalue weighted by Crippen LogP contribution is 1.87. The maximum Gasteiger partial charge on any atom is 0.309 e. The molecule has 7 nitrogen and oxygen atoms in total. The molecule has 16 heavy (non-hydrogen) atoms. The fraction of sp³-hybridized carbons (Fsp3) is 0.444. The molecule has 5 N–H and O–H groups in total. The van der Waals surface area contributed by atoms with Crippen LogP contribution in [-0.4, -0.2) is 41.4 Å². The summed E-state index contributed by atoms with van der Waals surface area (Å²) in [7, 11) is 0. The molecule has 1 aromatic heterocycles. The molecule has 7 heteroatoms. The number of rotatable bonds is 5. The number of H-pyrrole nitrogens is 1. The number of imidazole rings is 1. The van der Waals surface area contributed by atoms with Gasteiger partial charge in [0.1, 0.15) is 5.82 Å². The van der Waals surface area contributed by atoms with Crippen molar-refractivity contribution >= 4 is 11.8 Å². The largest absolute Gasteiger partial charge is 0.349 e. The zero-order valence-corrected chi connectivity index (χ0v) is 8.82. The van der Waals surface area contributed by atoms with E-state index in [2.05, 4.69) is 20.6 Å². The first-order valence-electron chi connectivity index (χ1n) is 4.98. The SMILES string of the molecule is NCCNC(=O)C(=O)NCCc1ncc[nH]1. The third-order valence-electron chi connectivity index (χ3n) is 1.84. The average Bonchev–Trinajstić information content (AvgIpc) is 2.78. The second-order valence-electron chi connectivity index (χ2n) is 3.09. The van der Waals surface area contributed by atoms with Crippen molar-refractivity contribution in [2.45, 2.75) is 6.42 Å². The van der Waals surface area contributed by atoms with Crippen LogP contribution in [0.1, 0.15) is 5.82 Å². The van der Waals surface area contributed by atoms with Crippen LogP contribution in [0.15, 0.2) is 12.4 Å². The molecule has 1 aromatic rings. The van der Waals surface area contributed by atoms with Crippen LogP contribution in [-0.2, 0) is 16.0 Å². The second kappa shape index (κ2) is 6.57. The number of carbonyl (C=O) groups is 2. The van der Waals surface area contributed by atoms with Crippen LogP contribution in [0.2, 0.25) is 0 Å². The van der Waals surface area contributed by atoms with E-state index >= 15 is 0 Å². The molecule has 0 unspecified atom stereocenters. The fourth-order valence-corrected chi connectivity index (χ4v) is 1.08. The van der Waals surface area contributed by atoms with E-state index in [9.17, 15) is 9.59 Å². The summed E-state index contributed by atoms with van der Waals surface area (Å²) >= 11 is 0. The van der Waals surface area contributed by atoms with E-state index in [1.54, 1.807) is 12.4 Å². The Hall–Kier alpha value is -1.89. The Kier molecular flexibility index (Phi) is 5.00. The lowest BCUT2D eigenvalue weighted by molar-refractivity contribution is -0.139. The van der Waals surface area contributed by atoms with Gasteiger partial charge in [0.15, 0.2) is 0 Å². The van der Waals surface area contributed by atoms with Crippen molar-refractivity contribution in [1.82, 2.24) is 20.6 Å². The number of nitrogens with two attached hydrogens (primary N) is 1. The molecule has 0 fully saturated rings. The first kappa shape index (κ1) is 12.2. The van der Waals surface area contributed by atoms with Gasteiger partial charge in [-0.3, -0.25) is 9.59 Å². The molecule has 2 amide bonds. The number of nitrogens with one attached hydrogen (secondary N) is 3. The second-order valence-corrected chi connectivity index (χ2v) is 3.09. The summed E-state index contributed by atoms with van der Waals surface area (Å²) in [6.07, 6.45) is 3.89. The minimum absolute atomic E-state index is 0.296. The molecule has 0 bridgehead atoms. The van der Waals surface area contributed by atoms with E-state index in [1.807, 2.05) is 0 Å². The summed E-state index contributed by atoms with van der Waals surface area (Å²) in [6, 6.07) is 0. The molecule has 1 rings (SSSR count). The highest BCUT2D eigenvalue weighted by Gasteiger charge is 2.11. The summed E-state index contributed by atoms with van der Waals surface area (Å²) in [5, 5.41) is 4.85. The summed E-state index contributed by atoms with van der Waals surface area (Å²) in [5.74, 6) is -0.549. The molecule has 0 atom stereocenters. The molecule has 0 aliphatic carbocycles. The molecule has 0 aromatic carbocycles. The van der Waals surface area contributed by atoms with Crippen LogP contribution < -0.4 is 16.4 Å². The van der Waals surface area contributed by atoms with Crippen molar-refractivity contribution in [2.24, 2.45) is 5.73 Å². The molecular weight excluding hydrogens is 210 g/mol. The van der Waals surface area contributed by atoms with Crippen molar-refractivity contribution in [3.63, 3.8) is 0 Å². The average molecular weight is 225 g/mol. The lowest BCUT2D eigenvalue weighted by Gasteiger charge is -2.04. The Bertz CT molecular complexity index is 336. The molecule has 0 aliphatic heterocycles. The third-order valence-corrected chi connectivity index (χ3v) is 1.84. The number of amides is 2. The maximum atomic E-state index is 11.2. The van der Waals surface area contributed by atoms with Gasteiger partial charge in [0, 0.05) is 38.4 Å². The molecular formula is C9H15N5O2. The van der Waals surface area contributed by atoms with Crippen molar-refractivity contribution in [3.05, 3.63) is 18.2 Å². The monoisotopic (exact) mass is 225 g/mol. The van der Waals surface area contributed by atoms with E-state index in [0.717, 1.165) is 5.82 Å². The van der Waals surface area contributed by atoms with Crippen LogP contribution in [0.3, 0.4) is 0 Å². The van der Waals surface area contributed by atoms with E-state index in [1.165, 1.54) is 0 Å². The Labute approximate surface area is 92.8 Å². The van der Waals surface area contributed by atoms with Gasteiger partial charge in [-0.15, -0.1) is 0 Å². The Morgan fingerprint density at radius 2 is 2.00 bits per heavy atom. The topological polar surface area (TPSA) is 113 Å². The number of hydrogen-bond acceptors (Lipinski definition) is 4. The minimum atomic E-state index is -0.662. The molecule has 0 saturated carbocycles. The van der Waals surface area contributed by atoms with Crippen molar-refractivity contribution in [2.75, 3.05) is 19.6 Å². The van der Waals surface area contributed by atoms with E-state index in [0.29, 0.717) is 26.1 Å². The van der Waals surface area contributed by atoms with Gasteiger partial charge < -0.3 is 21.4 Å². The van der Waals surface area contributed by atoms with Gasteiger partial charge in [-0.1, -0.05) is 0 Å². The quantitative estimate of drug-likeness (QED) is 0.440. The minimum Gasteiger partial charge on any atom is -0.349 e. The Morgan fingerprint density at radius 1 is 1.31 bits per heavy atom. The first-order valence-corrected chi connectivity index (χ1v) is 4.98. The van der Waals surface area contributed by atoms with Crippen LogP contribution in [0.25, 0.3) is 0 Å². The van der Waals surface area contributed by atoms with Gasteiger partial charge in [0.25, 0.3) is 0 Å². The third kappa shape index (κ3) is 4.09. The lowest BCUT2D eigenvalue weighted by Crippen LogP contribution is -2.42. The van der Waals surface area contributed by atoms with Crippen molar-refractivity contribution in [1.29, 1.82) is 0 Å². The van der Waals surface area contributed by atoms with Gasteiger partial charge in [-0.05, 0) is 0 Å². The molecule has 1 heterocycles. The highest BCUT2D eigenvalue weighted by molar-refractivity contribution is 6.35. The predicted molar refractivity (Wildman–Crippen MR) is 57.4 cm³/mol. The molecule has 0 radical (unpaired) electrons. The van der Waals surface area contributed by atoms with Crippen molar-refractivity contribution in [3.8, 4) is 0 Å². The van der Waals surface area contributed by atoms with Gasteiger partial charge >= 0.3 is 11.8 Å². The predicted octanol–water partition coefficient (Wildman–Crippen LogP) is -1.86. The standard InChI is InChI=1S/C9H15N5O2/c10-2-4-14-9(16)8(15)13-3-1-7-11-5-6-12-7/h5-6H,1-4,10H2,(H,11,12)(H,13,15)(H,14,16). The number of aromatic amines is 1. The first-order chi connectivity index (χ1) is 7.74. The molecule has 0 saturated heterocycles. The zero-order valence-electron chi connectivity index (χ0n) is 8.82. The van der Waals surface area contributed by atoms with Gasteiger partial charge in [-0.25, -0.2) is 4.98 Å². The van der Waals surface area contributed by atoms with E-state index in [-0.39, 0.29) is 0 Å². The smallest absolute Gasteiger partial charge is 0.309 e. The summed E-state index contributed by atoms with van der Waals surface area (Å²) < 4.78 is 0. The summed E-state index contributed by atoms with van der Waals surface area (Å²) in [6.45, 7) is 0.970. The van der Waals surface area contributed by atoms with E-state index in [4.69, 9.17) is 5.73 Å². The lowest BCUT2D eigenvalue weighted by atomic mass is 10.4. The van der Waals surface area contributed by atoms with Crippen molar-refractivity contribution < 1.29 is 9.59 Å². The Balaban J connectivity index is 2.17. The number of carbonyl (C=O) groups excluding carboxylic acids is 2. The molecule has 0 spiro atoms. The summed E-state index contributed by atoms with van der Waals surface area (Å²) in [5.41, 5.74) is 5.18. The summed E-state index contributed by atoms with van der Waals surface area (Å²) in [4.78, 5) is 29.2. The highest BCUT2D eigenvalue weighted by atomic mass is 16.2. The van der Waals surface area contributed by atoms with E-state index < -0.39 is 11.8 Å². The Morgan fingerprint density at radius 3 is 2.56 bits per heavy atom. The van der Waals surface area contributed by atoms with Crippen LogP contribution >= 0.6 is 0 Å². The van der Waals surface area contributed by atoms with Gasteiger partial charge in [0.05, 0.1) is 0 Å².